The standard InChI is InChI=1S/C11H16N4.ClH/c1-9-7-11(15(3)13-9)12-8-10-5-4-6-14(10)2;/h4-7,12H,8H2,1-3H3;1H. The number of anilines is 1. The largest absolute Gasteiger partial charge is 0.365 e. The van der Waals surface area contributed by atoms with E-state index in [2.05, 4.69) is 21.0 Å². The number of aromatic nitrogens is 3. The fourth-order valence-corrected chi connectivity index (χ4v) is 1.64. The summed E-state index contributed by atoms with van der Waals surface area (Å²) < 4.78 is 3.97. The fourth-order valence-electron chi connectivity index (χ4n) is 1.64. The summed E-state index contributed by atoms with van der Waals surface area (Å²) in [4.78, 5) is 0. The Morgan fingerprint density at radius 1 is 1.38 bits per heavy atom. The first-order valence-electron chi connectivity index (χ1n) is 5.01. The van der Waals surface area contributed by atoms with Crippen LogP contribution >= 0.6 is 12.4 Å². The second-order valence-electron chi connectivity index (χ2n) is 3.76. The molecule has 2 aromatic rings. The molecular weight excluding hydrogens is 224 g/mol. The Balaban J connectivity index is 0.00000128. The quantitative estimate of drug-likeness (QED) is 0.892. The molecule has 2 aromatic heterocycles. The predicted molar refractivity (Wildman–Crippen MR) is 67.9 cm³/mol. The van der Waals surface area contributed by atoms with Crippen LogP contribution in [0.4, 0.5) is 5.82 Å². The zero-order valence-corrected chi connectivity index (χ0v) is 10.6. The third-order valence-electron chi connectivity index (χ3n) is 2.50. The van der Waals surface area contributed by atoms with Gasteiger partial charge in [-0.05, 0) is 19.1 Å². The van der Waals surface area contributed by atoms with E-state index in [1.807, 2.05) is 44.0 Å². The Kier molecular flexibility index (Phi) is 4.01. The van der Waals surface area contributed by atoms with Gasteiger partial charge in [0, 0.05) is 32.1 Å². The maximum Gasteiger partial charge on any atom is 0.124 e. The van der Waals surface area contributed by atoms with Gasteiger partial charge in [0.05, 0.1) is 12.2 Å². The smallest absolute Gasteiger partial charge is 0.124 e. The van der Waals surface area contributed by atoms with Crippen molar-refractivity contribution in [2.24, 2.45) is 14.1 Å². The van der Waals surface area contributed by atoms with Gasteiger partial charge in [-0.15, -0.1) is 12.4 Å². The van der Waals surface area contributed by atoms with Gasteiger partial charge in [-0.1, -0.05) is 0 Å². The van der Waals surface area contributed by atoms with E-state index in [9.17, 15) is 0 Å². The normalized spacial score (nSPS) is 9.94. The topological polar surface area (TPSA) is 34.8 Å². The molecule has 0 radical (unpaired) electrons. The minimum Gasteiger partial charge on any atom is -0.365 e. The Bertz CT molecular complexity index is 458. The summed E-state index contributed by atoms with van der Waals surface area (Å²) in [7, 11) is 3.99. The molecule has 1 N–H and O–H groups in total. The zero-order chi connectivity index (χ0) is 10.8. The van der Waals surface area contributed by atoms with Crippen LogP contribution in [0.3, 0.4) is 0 Å². The summed E-state index contributed by atoms with van der Waals surface area (Å²) in [6, 6.07) is 6.20. The molecule has 0 spiro atoms. The van der Waals surface area contributed by atoms with E-state index in [1.54, 1.807) is 0 Å². The molecule has 0 bridgehead atoms. The number of nitrogens with one attached hydrogen (secondary N) is 1. The van der Waals surface area contributed by atoms with Gasteiger partial charge < -0.3 is 9.88 Å². The fraction of sp³-hybridized carbons (Fsp3) is 0.364. The van der Waals surface area contributed by atoms with Crippen LogP contribution < -0.4 is 5.32 Å². The van der Waals surface area contributed by atoms with Crippen molar-refractivity contribution in [1.82, 2.24) is 14.3 Å². The minimum atomic E-state index is 0. The van der Waals surface area contributed by atoms with E-state index in [4.69, 9.17) is 0 Å². The molecule has 0 aliphatic carbocycles. The molecule has 0 aromatic carbocycles. The first kappa shape index (κ1) is 12.6. The van der Waals surface area contributed by atoms with Crippen LogP contribution in [0, 0.1) is 6.92 Å². The summed E-state index contributed by atoms with van der Waals surface area (Å²) >= 11 is 0. The molecule has 0 saturated heterocycles. The van der Waals surface area contributed by atoms with Gasteiger partial charge >= 0.3 is 0 Å². The number of rotatable bonds is 3. The maximum atomic E-state index is 4.28. The van der Waals surface area contributed by atoms with Crippen LogP contribution in [0.5, 0.6) is 0 Å². The average molecular weight is 241 g/mol. The molecule has 16 heavy (non-hydrogen) atoms. The van der Waals surface area contributed by atoms with Gasteiger partial charge in [0.25, 0.3) is 0 Å². The van der Waals surface area contributed by atoms with E-state index in [0.717, 1.165) is 18.1 Å². The molecular formula is C11H17ClN4. The van der Waals surface area contributed by atoms with E-state index in [-0.39, 0.29) is 12.4 Å². The van der Waals surface area contributed by atoms with Gasteiger partial charge in [0.1, 0.15) is 5.82 Å². The van der Waals surface area contributed by atoms with Gasteiger partial charge in [-0.25, -0.2) is 0 Å². The molecule has 2 rings (SSSR count). The van der Waals surface area contributed by atoms with Crippen molar-refractivity contribution in [3.8, 4) is 0 Å². The third-order valence-corrected chi connectivity index (χ3v) is 2.50. The highest BCUT2D eigenvalue weighted by atomic mass is 35.5. The number of aryl methyl sites for hydroxylation is 3. The maximum absolute atomic E-state index is 4.28. The Morgan fingerprint density at radius 3 is 2.62 bits per heavy atom. The second-order valence-corrected chi connectivity index (χ2v) is 3.76. The second kappa shape index (κ2) is 5.07. The van der Waals surface area contributed by atoms with Gasteiger partial charge in [0.15, 0.2) is 0 Å². The average Bonchev–Trinajstić information content (AvgIpc) is 2.70. The lowest BCUT2D eigenvalue weighted by Crippen LogP contribution is -2.07. The molecule has 0 amide bonds. The summed E-state index contributed by atoms with van der Waals surface area (Å²) in [5.74, 6) is 1.05. The van der Waals surface area contributed by atoms with Crippen LogP contribution in [-0.2, 0) is 20.6 Å². The number of nitrogens with zero attached hydrogens (tertiary/aromatic N) is 3. The first-order chi connectivity index (χ1) is 7.16. The summed E-state index contributed by atoms with van der Waals surface area (Å²) in [5, 5.41) is 7.64. The number of halogens is 1. The monoisotopic (exact) mass is 240 g/mol. The number of hydrogen-bond acceptors (Lipinski definition) is 2. The van der Waals surface area contributed by atoms with Gasteiger partial charge in [-0.3, -0.25) is 4.68 Å². The predicted octanol–water partition coefficient (Wildman–Crippen LogP) is 2.10. The summed E-state index contributed by atoms with van der Waals surface area (Å²) in [6.07, 6.45) is 2.05. The minimum absolute atomic E-state index is 0. The molecule has 0 unspecified atom stereocenters. The van der Waals surface area contributed by atoms with Crippen molar-refractivity contribution in [3.63, 3.8) is 0 Å². The van der Waals surface area contributed by atoms with Crippen LogP contribution in [0.1, 0.15) is 11.4 Å². The number of hydrogen-bond donors (Lipinski definition) is 1. The lowest BCUT2D eigenvalue weighted by Gasteiger charge is -2.07. The van der Waals surface area contributed by atoms with Crippen LogP contribution in [0.25, 0.3) is 0 Å². The highest BCUT2D eigenvalue weighted by molar-refractivity contribution is 5.85. The molecule has 0 aliphatic heterocycles. The SMILES string of the molecule is Cc1cc(NCc2cccn2C)n(C)n1.Cl. The van der Waals surface area contributed by atoms with E-state index < -0.39 is 0 Å². The van der Waals surface area contributed by atoms with E-state index >= 15 is 0 Å². The highest BCUT2D eigenvalue weighted by Gasteiger charge is 2.02. The molecule has 0 fully saturated rings. The lowest BCUT2D eigenvalue weighted by atomic mass is 10.4. The Hall–Kier alpha value is -1.42. The van der Waals surface area contributed by atoms with Gasteiger partial charge in [0.2, 0.25) is 0 Å². The molecule has 0 aliphatic rings. The first-order valence-corrected chi connectivity index (χ1v) is 5.01. The molecule has 5 heteroatoms. The van der Waals surface area contributed by atoms with Crippen LogP contribution in [-0.4, -0.2) is 14.3 Å². The summed E-state index contributed by atoms with van der Waals surface area (Å²) in [6.45, 7) is 2.82. The van der Waals surface area contributed by atoms with Crippen molar-refractivity contribution in [1.29, 1.82) is 0 Å². The zero-order valence-electron chi connectivity index (χ0n) is 9.77. The van der Waals surface area contributed by atoms with Crippen molar-refractivity contribution in [2.75, 3.05) is 5.32 Å². The van der Waals surface area contributed by atoms with Crippen LogP contribution in [0.2, 0.25) is 0 Å². The third kappa shape index (κ3) is 2.58. The molecule has 0 atom stereocenters. The van der Waals surface area contributed by atoms with Crippen molar-refractivity contribution in [3.05, 3.63) is 35.8 Å². The van der Waals surface area contributed by atoms with Crippen molar-refractivity contribution < 1.29 is 0 Å². The molecule has 0 saturated carbocycles. The Labute approximate surface area is 102 Å². The van der Waals surface area contributed by atoms with E-state index in [0.29, 0.717) is 0 Å². The van der Waals surface area contributed by atoms with Crippen molar-refractivity contribution >= 4 is 18.2 Å². The van der Waals surface area contributed by atoms with Gasteiger partial charge in [-0.2, -0.15) is 5.10 Å². The van der Waals surface area contributed by atoms with E-state index in [1.165, 1.54) is 5.69 Å². The molecule has 2 heterocycles. The van der Waals surface area contributed by atoms with Crippen molar-refractivity contribution in [2.45, 2.75) is 13.5 Å². The molecule has 88 valence electrons. The summed E-state index contributed by atoms with van der Waals surface area (Å²) in [5.41, 5.74) is 2.29. The highest BCUT2D eigenvalue weighted by Crippen LogP contribution is 2.10. The molecule has 4 nitrogen and oxygen atoms in total. The Morgan fingerprint density at radius 2 is 2.12 bits per heavy atom. The van der Waals surface area contributed by atoms with Crippen LogP contribution in [0.15, 0.2) is 24.4 Å². The lowest BCUT2D eigenvalue weighted by molar-refractivity contribution is 0.752.